The minimum absolute atomic E-state index is 0.126. The predicted molar refractivity (Wildman–Crippen MR) is 51.9 cm³/mol. The Hall–Kier alpha value is -1.69. The number of aromatic nitrogens is 4. The van der Waals surface area contributed by atoms with Gasteiger partial charge in [-0.15, -0.1) is 0 Å². The molecule has 0 radical (unpaired) electrons. The minimum Gasteiger partial charge on any atom is -0.396 e. The monoisotopic (exact) mass is 208 g/mol. The summed E-state index contributed by atoms with van der Waals surface area (Å²) < 4.78 is 6.69. The van der Waals surface area contributed by atoms with Gasteiger partial charge in [0.25, 0.3) is 0 Å². The Morgan fingerprint density at radius 3 is 3.07 bits per heavy atom. The Balaban J connectivity index is 2.13. The average molecular weight is 208 g/mol. The van der Waals surface area contributed by atoms with Gasteiger partial charge in [0.1, 0.15) is 5.69 Å². The second-order valence-corrected chi connectivity index (χ2v) is 3.21. The summed E-state index contributed by atoms with van der Waals surface area (Å²) in [6.07, 6.45) is 3.04. The van der Waals surface area contributed by atoms with Crippen molar-refractivity contribution in [3.8, 4) is 11.5 Å². The summed E-state index contributed by atoms with van der Waals surface area (Å²) in [6, 6.07) is 1.82. The summed E-state index contributed by atoms with van der Waals surface area (Å²) in [7, 11) is 1.83. The van der Waals surface area contributed by atoms with Gasteiger partial charge in [-0.2, -0.15) is 10.1 Å². The molecule has 0 unspecified atom stereocenters. The number of aliphatic hydroxyl groups is 1. The van der Waals surface area contributed by atoms with Crippen molar-refractivity contribution in [1.29, 1.82) is 0 Å². The molecule has 0 spiro atoms. The summed E-state index contributed by atoms with van der Waals surface area (Å²) in [4.78, 5) is 4.17. The van der Waals surface area contributed by atoms with Crippen LogP contribution in [0.25, 0.3) is 11.5 Å². The molecule has 0 aliphatic rings. The molecule has 80 valence electrons. The normalized spacial score (nSPS) is 10.8. The van der Waals surface area contributed by atoms with Crippen LogP contribution in [0.3, 0.4) is 0 Å². The Labute approximate surface area is 86.5 Å². The fourth-order valence-corrected chi connectivity index (χ4v) is 1.23. The molecule has 0 saturated heterocycles. The summed E-state index contributed by atoms with van der Waals surface area (Å²) >= 11 is 0. The van der Waals surface area contributed by atoms with Crippen LogP contribution in [-0.4, -0.2) is 31.6 Å². The quantitative estimate of drug-likeness (QED) is 0.786. The molecule has 0 atom stereocenters. The molecular weight excluding hydrogens is 196 g/mol. The maximum absolute atomic E-state index is 8.65. The standard InChI is InChI=1S/C9H12N4O2/c1-13-5-4-7(11-13)9-10-8(15-12-9)3-2-6-14/h4-5,14H,2-3,6H2,1H3. The summed E-state index contributed by atoms with van der Waals surface area (Å²) in [5, 5.41) is 16.6. The minimum atomic E-state index is 0.126. The molecule has 2 aromatic heterocycles. The Morgan fingerprint density at radius 2 is 2.40 bits per heavy atom. The van der Waals surface area contributed by atoms with E-state index in [1.165, 1.54) is 0 Å². The highest BCUT2D eigenvalue weighted by molar-refractivity contribution is 5.46. The van der Waals surface area contributed by atoms with Gasteiger partial charge in [-0.1, -0.05) is 5.16 Å². The van der Waals surface area contributed by atoms with Gasteiger partial charge in [-0.05, 0) is 12.5 Å². The van der Waals surface area contributed by atoms with Gasteiger partial charge in [-0.3, -0.25) is 4.68 Å². The largest absolute Gasteiger partial charge is 0.396 e. The Kier molecular flexibility index (Phi) is 2.77. The number of hydrogen-bond donors (Lipinski definition) is 1. The van der Waals surface area contributed by atoms with Crippen molar-refractivity contribution in [1.82, 2.24) is 19.9 Å². The molecule has 0 aliphatic heterocycles. The first-order valence-electron chi connectivity index (χ1n) is 4.73. The van der Waals surface area contributed by atoms with Crippen LogP contribution < -0.4 is 0 Å². The molecule has 1 N–H and O–H groups in total. The van der Waals surface area contributed by atoms with Crippen LogP contribution in [0.2, 0.25) is 0 Å². The summed E-state index contributed by atoms with van der Waals surface area (Å²) in [6.45, 7) is 0.126. The lowest BCUT2D eigenvalue weighted by atomic mass is 10.3. The van der Waals surface area contributed by atoms with E-state index in [0.717, 1.165) is 0 Å². The van der Waals surface area contributed by atoms with Crippen molar-refractivity contribution in [2.24, 2.45) is 7.05 Å². The fourth-order valence-electron chi connectivity index (χ4n) is 1.23. The lowest BCUT2D eigenvalue weighted by Gasteiger charge is -1.87. The highest BCUT2D eigenvalue weighted by Crippen LogP contribution is 2.12. The Morgan fingerprint density at radius 1 is 1.53 bits per heavy atom. The predicted octanol–water partition coefficient (Wildman–Crippen LogP) is 0.395. The van der Waals surface area contributed by atoms with Crippen LogP contribution in [-0.2, 0) is 13.5 Å². The molecule has 6 nitrogen and oxygen atoms in total. The third-order valence-electron chi connectivity index (χ3n) is 1.96. The van der Waals surface area contributed by atoms with Gasteiger partial charge in [0.2, 0.25) is 11.7 Å². The highest BCUT2D eigenvalue weighted by atomic mass is 16.5. The second-order valence-electron chi connectivity index (χ2n) is 3.21. The van der Waals surface area contributed by atoms with E-state index >= 15 is 0 Å². The number of rotatable bonds is 4. The van der Waals surface area contributed by atoms with E-state index in [0.29, 0.717) is 30.3 Å². The van der Waals surface area contributed by atoms with Crippen molar-refractivity contribution in [3.63, 3.8) is 0 Å². The van der Waals surface area contributed by atoms with E-state index in [1.807, 2.05) is 19.3 Å². The molecule has 2 aromatic rings. The molecule has 2 rings (SSSR count). The molecule has 0 bridgehead atoms. The van der Waals surface area contributed by atoms with Crippen molar-refractivity contribution < 1.29 is 9.63 Å². The third kappa shape index (κ3) is 2.21. The van der Waals surface area contributed by atoms with Crippen LogP contribution in [0.4, 0.5) is 0 Å². The topological polar surface area (TPSA) is 77.0 Å². The van der Waals surface area contributed by atoms with Gasteiger partial charge in [0, 0.05) is 26.3 Å². The number of nitrogens with zero attached hydrogens (tertiary/aromatic N) is 4. The summed E-state index contributed by atoms with van der Waals surface area (Å²) in [5.41, 5.74) is 0.691. The van der Waals surface area contributed by atoms with Crippen molar-refractivity contribution in [2.45, 2.75) is 12.8 Å². The molecule has 0 fully saturated rings. The molecule has 0 saturated carbocycles. The summed E-state index contributed by atoms with van der Waals surface area (Å²) in [5.74, 6) is 1.02. The zero-order valence-electron chi connectivity index (χ0n) is 8.42. The number of aryl methyl sites for hydroxylation is 2. The van der Waals surface area contributed by atoms with Crippen molar-refractivity contribution in [2.75, 3.05) is 6.61 Å². The highest BCUT2D eigenvalue weighted by Gasteiger charge is 2.10. The maximum Gasteiger partial charge on any atom is 0.227 e. The first-order chi connectivity index (χ1) is 7.29. The van der Waals surface area contributed by atoms with Gasteiger partial charge in [0.15, 0.2) is 0 Å². The fraction of sp³-hybridized carbons (Fsp3) is 0.444. The van der Waals surface area contributed by atoms with Crippen molar-refractivity contribution in [3.05, 3.63) is 18.2 Å². The lowest BCUT2D eigenvalue weighted by Crippen LogP contribution is -1.90. The van der Waals surface area contributed by atoms with Gasteiger partial charge >= 0.3 is 0 Å². The van der Waals surface area contributed by atoms with Crippen LogP contribution in [0.5, 0.6) is 0 Å². The van der Waals surface area contributed by atoms with E-state index in [1.54, 1.807) is 4.68 Å². The number of hydrogen-bond acceptors (Lipinski definition) is 5. The zero-order valence-corrected chi connectivity index (χ0v) is 8.42. The molecule has 6 heteroatoms. The second kappa shape index (κ2) is 4.22. The molecule has 15 heavy (non-hydrogen) atoms. The SMILES string of the molecule is Cn1ccc(-c2noc(CCCO)n2)n1. The number of aliphatic hydroxyl groups excluding tert-OH is 1. The zero-order chi connectivity index (χ0) is 10.7. The van der Waals surface area contributed by atoms with E-state index < -0.39 is 0 Å². The van der Waals surface area contributed by atoms with Crippen LogP contribution in [0, 0.1) is 0 Å². The van der Waals surface area contributed by atoms with E-state index in [2.05, 4.69) is 15.2 Å². The lowest BCUT2D eigenvalue weighted by molar-refractivity contribution is 0.278. The van der Waals surface area contributed by atoms with Gasteiger partial charge in [0.05, 0.1) is 0 Å². The van der Waals surface area contributed by atoms with Gasteiger partial charge in [-0.25, -0.2) is 0 Å². The van der Waals surface area contributed by atoms with E-state index in [9.17, 15) is 0 Å². The van der Waals surface area contributed by atoms with Crippen LogP contribution in [0.15, 0.2) is 16.8 Å². The average Bonchev–Trinajstić information content (AvgIpc) is 2.83. The van der Waals surface area contributed by atoms with E-state index in [4.69, 9.17) is 9.63 Å². The van der Waals surface area contributed by atoms with E-state index in [-0.39, 0.29) is 6.61 Å². The first kappa shape index (κ1) is 9.85. The first-order valence-corrected chi connectivity index (χ1v) is 4.73. The third-order valence-corrected chi connectivity index (χ3v) is 1.96. The Bertz CT molecular complexity index is 435. The van der Waals surface area contributed by atoms with Crippen molar-refractivity contribution >= 4 is 0 Å². The molecule has 0 aromatic carbocycles. The van der Waals surface area contributed by atoms with Crippen LogP contribution in [0.1, 0.15) is 12.3 Å². The molecule has 0 amide bonds. The molecular formula is C9H12N4O2. The maximum atomic E-state index is 8.65. The molecule has 0 aliphatic carbocycles. The van der Waals surface area contributed by atoms with Crippen LogP contribution >= 0.6 is 0 Å². The smallest absolute Gasteiger partial charge is 0.227 e. The van der Waals surface area contributed by atoms with Gasteiger partial charge < -0.3 is 9.63 Å². The molecule has 2 heterocycles.